The molecule has 0 amide bonds. The van der Waals surface area contributed by atoms with E-state index in [1.54, 1.807) is 19.9 Å². The van der Waals surface area contributed by atoms with Crippen LogP contribution in [0.25, 0.3) is 0 Å². The molecule has 0 fully saturated rings. The summed E-state index contributed by atoms with van der Waals surface area (Å²) < 4.78 is 4.59. The summed E-state index contributed by atoms with van der Waals surface area (Å²) in [5.41, 5.74) is -1.07. The number of carbonyl (C=O) groups is 1. The Morgan fingerprint density at radius 2 is 2.15 bits per heavy atom. The second-order valence-corrected chi connectivity index (χ2v) is 3.49. The summed E-state index contributed by atoms with van der Waals surface area (Å²) in [6.45, 7) is 5.15. The van der Waals surface area contributed by atoms with Crippen molar-refractivity contribution in [1.82, 2.24) is 0 Å². The third-order valence-corrected chi connectivity index (χ3v) is 1.78. The number of hydrogen-bond donors (Lipinski definition) is 1. The fourth-order valence-corrected chi connectivity index (χ4v) is 1.00. The van der Waals surface area contributed by atoms with Crippen molar-refractivity contribution in [3.63, 3.8) is 0 Å². The van der Waals surface area contributed by atoms with Crippen LogP contribution in [-0.2, 0) is 9.53 Å². The van der Waals surface area contributed by atoms with Crippen molar-refractivity contribution in [2.75, 3.05) is 7.11 Å². The van der Waals surface area contributed by atoms with Crippen LogP contribution in [0.15, 0.2) is 12.2 Å². The van der Waals surface area contributed by atoms with E-state index in [0.717, 1.165) is 6.42 Å². The number of esters is 1. The molecule has 0 aliphatic heterocycles. The van der Waals surface area contributed by atoms with Gasteiger partial charge in [-0.3, -0.25) is 4.79 Å². The Balaban J connectivity index is 4.56. The van der Waals surface area contributed by atoms with Crippen LogP contribution in [0.1, 0.15) is 27.2 Å². The molecule has 0 aliphatic carbocycles. The van der Waals surface area contributed by atoms with E-state index >= 15 is 0 Å². The molecule has 76 valence electrons. The Morgan fingerprint density at radius 1 is 1.62 bits per heavy atom. The van der Waals surface area contributed by atoms with E-state index in [2.05, 4.69) is 4.74 Å². The number of hydrogen-bond acceptors (Lipinski definition) is 3. The van der Waals surface area contributed by atoms with Crippen LogP contribution in [0.2, 0.25) is 0 Å². The van der Waals surface area contributed by atoms with Crippen LogP contribution in [0.4, 0.5) is 0 Å². The molecule has 3 heteroatoms. The van der Waals surface area contributed by atoms with Gasteiger partial charge in [0.1, 0.15) is 5.92 Å². The number of methoxy groups -OCH3 is 1. The van der Waals surface area contributed by atoms with Crippen LogP contribution >= 0.6 is 0 Å². The maximum absolute atomic E-state index is 11.2. The van der Waals surface area contributed by atoms with Gasteiger partial charge in [-0.1, -0.05) is 19.1 Å². The second-order valence-electron chi connectivity index (χ2n) is 3.49. The zero-order valence-corrected chi connectivity index (χ0v) is 8.70. The maximum Gasteiger partial charge on any atom is 0.315 e. The molecule has 0 saturated carbocycles. The predicted octanol–water partition coefficient (Wildman–Crippen LogP) is 1.51. The van der Waals surface area contributed by atoms with Gasteiger partial charge in [0.2, 0.25) is 0 Å². The Hall–Kier alpha value is -0.830. The summed E-state index contributed by atoms with van der Waals surface area (Å²) in [6, 6.07) is 0. The minimum Gasteiger partial charge on any atom is -0.468 e. The first-order chi connectivity index (χ1) is 5.93. The summed E-state index contributed by atoms with van der Waals surface area (Å²) >= 11 is 0. The first-order valence-corrected chi connectivity index (χ1v) is 4.40. The van der Waals surface area contributed by atoms with Gasteiger partial charge in [0.25, 0.3) is 0 Å². The molecule has 1 atom stereocenters. The van der Waals surface area contributed by atoms with E-state index in [1.165, 1.54) is 7.11 Å². The molecule has 0 aromatic heterocycles. The van der Waals surface area contributed by atoms with Gasteiger partial charge in [0, 0.05) is 0 Å². The first kappa shape index (κ1) is 12.2. The lowest BCUT2D eigenvalue weighted by Gasteiger charge is -2.24. The van der Waals surface area contributed by atoms with E-state index in [-0.39, 0.29) is 0 Å². The Morgan fingerprint density at radius 3 is 2.46 bits per heavy atom. The molecule has 3 nitrogen and oxygen atoms in total. The standard InChI is InChI=1S/C10H18O3/c1-5-6-7-8(9(11)13-4)10(2,3)12/h6-8,12H,5H2,1-4H3/b7-6+. The van der Waals surface area contributed by atoms with Crippen LogP contribution in [0.5, 0.6) is 0 Å². The van der Waals surface area contributed by atoms with Crippen molar-refractivity contribution in [3.05, 3.63) is 12.2 Å². The van der Waals surface area contributed by atoms with Gasteiger partial charge < -0.3 is 9.84 Å². The molecular formula is C10H18O3. The maximum atomic E-state index is 11.2. The van der Waals surface area contributed by atoms with E-state index < -0.39 is 17.5 Å². The molecule has 0 spiro atoms. The van der Waals surface area contributed by atoms with E-state index in [0.29, 0.717) is 0 Å². The highest BCUT2D eigenvalue weighted by atomic mass is 16.5. The van der Waals surface area contributed by atoms with Gasteiger partial charge in [0.05, 0.1) is 12.7 Å². The van der Waals surface area contributed by atoms with Gasteiger partial charge in [-0.2, -0.15) is 0 Å². The molecule has 0 aromatic carbocycles. The Bertz CT molecular complexity index is 189. The minimum atomic E-state index is -1.07. The number of rotatable bonds is 4. The van der Waals surface area contributed by atoms with Crippen molar-refractivity contribution in [2.45, 2.75) is 32.8 Å². The van der Waals surface area contributed by atoms with Crippen molar-refractivity contribution < 1.29 is 14.6 Å². The van der Waals surface area contributed by atoms with E-state index in [9.17, 15) is 9.90 Å². The third-order valence-electron chi connectivity index (χ3n) is 1.78. The molecule has 13 heavy (non-hydrogen) atoms. The normalized spacial score (nSPS) is 14.5. The van der Waals surface area contributed by atoms with Gasteiger partial charge in [0.15, 0.2) is 0 Å². The minimum absolute atomic E-state index is 0.405. The summed E-state index contributed by atoms with van der Waals surface area (Å²) in [4.78, 5) is 11.2. The van der Waals surface area contributed by atoms with Gasteiger partial charge in [-0.25, -0.2) is 0 Å². The lowest BCUT2D eigenvalue weighted by atomic mass is 9.90. The van der Waals surface area contributed by atoms with Crippen molar-refractivity contribution in [2.24, 2.45) is 5.92 Å². The molecule has 0 saturated heterocycles. The Labute approximate surface area is 79.4 Å². The lowest BCUT2D eigenvalue weighted by molar-refractivity contribution is -0.150. The fraction of sp³-hybridized carbons (Fsp3) is 0.700. The molecular weight excluding hydrogens is 168 g/mol. The zero-order chi connectivity index (χ0) is 10.5. The average Bonchev–Trinajstić information content (AvgIpc) is 2.02. The second kappa shape index (κ2) is 5.02. The van der Waals surface area contributed by atoms with Gasteiger partial charge in [-0.15, -0.1) is 0 Å². The van der Waals surface area contributed by atoms with Crippen LogP contribution in [0, 0.1) is 5.92 Å². The highest BCUT2D eigenvalue weighted by molar-refractivity contribution is 5.75. The summed E-state index contributed by atoms with van der Waals surface area (Å²) in [7, 11) is 1.32. The summed E-state index contributed by atoms with van der Waals surface area (Å²) in [6.07, 6.45) is 4.37. The molecule has 0 radical (unpaired) electrons. The Kier molecular flexibility index (Phi) is 4.70. The smallest absolute Gasteiger partial charge is 0.315 e. The topological polar surface area (TPSA) is 46.5 Å². The summed E-state index contributed by atoms with van der Waals surface area (Å²) in [5, 5.41) is 9.65. The van der Waals surface area contributed by atoms with Crippen LogP contribution in [0.3, 0.4) is 0 Å². The molecule has 0 rings (SSSR count). The average molecular weight is 186 g/mol. The number of allylic oxidation sites excluding steroid dienone is 1. The SMILES string of the molecule is CC/C=C/C(C(=O)OC)C(C)(C)O. The molecule has 0 bridgehead atoms. The quantitative estimate of drug-likeness (QED) is 0.534. The van der Waals surface area contributed by atoms with Gasteiger partial charge >= 0.3 is 5.97 Å². The predicted molar refractivity (Wildman–Crippen MR) is 51.2 cm³/mol. The first-order valence-electron chi connectivity index (χ1n) is 4.40. The van der Waals surface area contributed by atoms with Crippen molar-refractivity contribution in [3.8, 4) is 0 Å². The highest BCUT2D eigenvalue weighted by Crippen LogP contribution is 2.19. The zero-order valence-electron chi connectivity index (χ0n) is 8.70. The molecule has 0 aliphatic rings. The number of aliphatic hydroxyl groups is 1. The van der Waals surface area contributed by atoms with Crippen molar-refractivity contribution >= 4 is 5.97 Å². The molecule has 0 heterocycles. The lowest BCUT2D eigenvalue weighted by Crippen LogP contribution is -2.36. The number of carbonyl (C=O) groups excluding carboxylic acids is 1. The molecule has 1 unspecified atom stereocenters. The van der Waals surface area contributed by atoms with E-state index in [1.807, 2.05) is 13.0 Å². The summed E-state index contributed by atoms with van der Waals surface area (Å²) in [5.74, 6) is -0.991. The third kappa shape index (κ3) is 4.08. The van der Waals surface area contributed by atoms with Crippen LogP contribution < -0.4 is 0 Å². The largest absolute Gasteiger partial charge is 0.468 e. The van der Waals surface area contributed by atoms with Crippen LogP contribution in [-0.4, -0.2) is 23.8 Å². The van der Waals surface area contributed by atoms with Gasteiger partial charge in [-0.05, 0) is 20.3 Å². The van der Waals surface area contributed by atoms with Crippen molar-refractivity contribution in [1.29, 1.82) is 0 Å². The molecule has 0 aromatic rings. The highest BCUT2D eigenvalue weighted by Gasteiger charge is 2.31. The number of ether oxygens (including phenoxy) is 1. The monoisotopic (exact) mass is 186 g/mol. The fourth-order valence-electron chi connectivity index (χ4n) is 1.00. The van der Waals surface area contributed by atoms with E-state index in [4.69, 9.17) is 0 Å². The molecule has 1 N–H and O–H groups in total.